The normalized spacial score (nSPS) is 14.4. The number of anilines is 1. The molecule has 0 saturated heterocycles. The highest BCUT2D eigenvalue weighted by Gasteiger charge is 2.24. The van der Waals surface area contributed by atoms with Crippen molar-refractivity contribution in [1.82, 2.24) is 4.90 Å². The third-order valence-electron chi connectivity index (χ3n) is 3.09. The van der Waals surface area contributed by atoms with Crippen molar-refractivity contribution >= 4 is 51.4 Å². The number of carbonyl (C=O) groups excluding carboxylic acids is 2. The summed E-state index contributed by atoms with van der Waals surface area (Å²) in [5, 5.41) is 4.66. The van der Waals surface area contributed by atoms with Crippen molar-refractivity contribution in [3.8, 4) is 0 Å². The number of halogens is 1. The maximum Gasteiger partial charge on any atom is 0.255 e. The highest BCUT2D eigenvalue weighted by Crippen LogP contribution is 2.23. The van der Waals surface area contributed by atoms with E-state index < -0.39 is 0 Å². The molecule has 102 valence electrons. The lowest BCUT2D eigenvalue weighted by Crippen LogP contribution is -2.35. The van der Waals surface area contributed by atoms with Crippen molar-refractivity contribution in [2.24, 2.45) is 0 Å². The van der Waals surface area contributed by atoms with Crippen molar-refractivity contribution in [2.45, 2.75) is 6.54 Å². The van der Waals surface area contributed by atoms with E-state index in [4.69, 9.17) is 0 Å². The summed E-state index contributed by atoms with van der Waals surface area (Å²) in [6.45, 7) is 0.528. The molecule has 0 aliphatic carbocycles. The molecule has 3 rings (SSSR count). The molecule has 0 atom stereocenters. The van der Waals surface area contributed by atoms with Gasteiger partial charge in [-0.1, -0.05) is 18.2 Å². The Morgan fingerprint density at radius 1 is 1.30 bits per heavy atom. The molecule has 6 heteroatoms. The van der Waals surface area contributed by atoms with Crippen LogP contribution in [0.3, 0.4) is 0 Å². The van der Waals surface area contributed by atoms with E-state index in [1.54, 1.807) is 4.90 Å². The van der Waals surface area contributed by atoms with Gasteiger partial charge in [-0.05, 0) is 40.3 Å². The number of rotatable bonds is 1. The molecule has 0 unspecified atom stereocenters. The first kappa shape index (κ1) is 13.6. The molecule has 0 spiro atoms. The fraction of sp³-hybridized carbons (Fsp3) is 0.143. The van der Waals surface area contributed by atoms with E-state index >= 15 is 0 Å². The smallest absolute Gasteiger partial charge is 0.255 e. The lowest BCUT2D eigenvalue weighted by Gasteiger charge is -2.18. The number of thiophene rings is 1. The van der Waals surface area contributed by atoms with E-state index in [9.17, 15) is 9.59 Å². The lowest BCUT2D eigenvalue weighted by molar-refractivity contribution is -0.116. The summed E-state index contributed by atoms with van der Waals surface area (Å²) in [4.78, 5) is 25.9. The minimum absolute atomic E-state index is 0.0833. The van der Waals surface area contributed by atoms with E-state index in [-0.39, 0.29) is 18.4 Å². The number of benzene rings is 1. The van der Waals surface area contributed by atoms with Crippen LogP contribution in [0.1, 0.15) is 15.9 Å². The second-order valence-electron chi connectivity index (χ2n) is 4.51. The summed E-state index contributed by atoms with van der Waals surface area (Å²) in [6, 6.07) is 9.42. The minimum atomic E-state index is -0.159. The summed E-state index contributed by atoms with van der Waals surface area (Å²) in [5.74, 6) is -0.260. The van der Waals surface area contributed by atoms with Crippen LogP contribution in [0.2, 0.25) is 0 Å². The van der Waals surface area contributed by atoms with Crippen LogP contribution in [0.4, 0.5) is 5.69 Å². The van der Waals surface area contributed by atoms with Gasteiger partial charge in [-0.3, -0.25) is 9.59 Å². The molecule has 0 bridgehead atoms. The Kier molecular flexibility index (Phi) is 3.75. The number of hydrogen-bond donors (Lipinski definition) is 1. The SMILES string of the molecule is O=C1CN(C(=O)c2csc(I)c2)Cc2ccccc2N1. The van der Waals surface area contributed by atoms with Crippen LogP contribution >= 0.6 is 33.9 Å². The van der Waals surface area contributed by atoms with Crippen LogP contribution in [0.5, 0.6) is 0 Å². The Morgan fingerprint density at radius 3 is 2.85 bits per heavy atom. The van der Waals surface area contributed by atoms with Gasteiger partial charge >= 0.3 is 0 Å². The number of carbonyl (C=O) groups is 2. The molecule has 0 fully saturated rings. The van der Waals surface area contributed by atoms with E-state index in [2.05, 4.69) is 27.9 Å². The largest absolute Gasteiger partial charge is 0.325 e. The molecule has 1 aliphatic rings. The maximum absolute atomic E-state index is 12.5. The van der Waals surface area contributed by atoms with Crippen LogP contribution in [0.25, 0.3) is 0 Å². The molecule has 1 N–H and O–H groups in total. The van der Waals surface area contributed by atoms with Gasteiger partial charge in [0.1, 0.15) is 6.54 Å². The van der Waals surface area contributed by atoms with Crippen LogP contribution < -0.4 is 5.32 Å². The standard InChI is InChI=1S/C14H11IN2O2S/c15-12-5-10(8-20-12)14(19)17-6-9-3-1-2-4-11(9)16-13(18)7-17/h1-5,8H,6-7H2,(H,16,18). The van der Waals surface area contributed by atoms with Crippen molar-refractivity contribution < 1.29 is 9.59 Å². The zero-order valence-corrected chi connectivity index (χ0v) is 13.4. The first-order valence-corrected chi connectivity index (χ1v) is 8.00. The van der Waals surface area contributed by atoms with Gasteiger partial charge in [0, 0.05) is 17.6 Å². The Balaban J connectivity index is 1.91. The van der Waals surface area contributed by atoms with Crippen LogP contribution in [-0.4, -0.2) is 23.3 Å². The molecular weight excluding hydrogens is 387 g/mol. The highest BCUT2D eigenvalue weighted by atomic mass is 127. The van der Waals surface area contributed by atoms with Crippen molar-refractivity contribution in [3.63, 3.8) is 0 Å². The monoisotopic (exact) mass is 398 g/mol. The fourth-order valence-corrected chi connectivity index (χ4v) is 3.47. The molecule has 2 amide bonds. The number of fused-ring (bicyclic) bond motifs is 1. The predicted molar refractivity (Wildman–Crippen MR) is 86.8 cm³/mol. The fourth-order valence-electron chi connectivity index (χ4n) is 2.15. The van der Waals surface area contributed by atoms with Crippen LogP contribution in [0.15, 0.2) is 35.7 Å². The molecule has 2 aromatic rings. The van der Waals surface area contributed by atoms with Gasteiger partial charge in [-0.25, -0.2) is 0 Å². The minimum Gasteiger partial charge on any atom is -0.325 e. The van der Waals surface area contributed by atoms with E-state index in [1.165, 1.54) is 11.3 Å². The molecular formula is C14H11IN2O2S. The summed E-state index contributed by atoms with van der Waals surface area (Å²) < 4.78 is 1.06. The lowest BCUT2D eigenvalue weighted by atomic mass is 10.1. The summed E-state index contributed by atoms with van der Waals surface area (Å²) in [5.41, 5.74) is 2.39. The van der Waals surface area contributed by atoms with Gasteiger partial charge in [0.05, 0.1) is 8.45 Å². The Labute approximate surface area is 133 Å². The summed E-state index contributed by atoms with van der Waals surface area (Å²) in [6.07, 6.45) is 0. The summed E-state index contributed by atoms with van der Waals surface area (Å²) >= 11 is 3.71. The molecule has 0 saturated carbocycles. The number of amides is 2. The Hall–Kier alpha value is -1.41. The third kappa shape index (κ3) is 2.71. The zero-order chi connectivity index (χ0) is 14.1. The molecule has 2 heterocycles. The first-order valence-electron chi connectivity index (χ1n) is 6.04. The summed E-state index contributed by atoms with van der Waals surface area (Å²) in [7, 11) is 0. The van der Waals surface area contributed by atoms with Gasteiger partial charge in [0.15, 0.2) is 0 Å². The van der Waals surface area contributed by atoms with E-state index in [0.29, 0.717) is 12.1 Å². The quantitative estimate of drug-likeness (QED) is 0.752. The van der Waals surface area contributed by atoms with Crippen molar-refractivity contribution in [2.75, 3.05) is 11.9 Å². The Bertz CT molecular complexity index is 683. The number of nitrogens with one attached hydrogen (secondary N) is 1. The van der Waals surface area contributed by atoms with Crippen molar-refractivity contribution in [3.05, 3.63) is 49.7 Å². The van der Waals surface area contributed by atoms with Gasteiger partial charge in [-0.2, -0.15) is 0 Å². The number of para-hydroxylation sites is 1. The topological polar surface area (TPSA) is 49.4 Å². The Morgan fingerprint density at radius 2 is 2.10 bits per heavy atom. The second kappa shape index (κ2) is 5.53. The maximum atomic E-state index is 12.5. The third-order valence-corrected chi connectivity index (χ3v) is 4.88. The second-order valence-corrected chi connectivity index (χ2v) is 7.31. The van der Waals surface area contributed by atoms with Gasteiger partial charge in [-0.15, -0.1) is 11.3 Å². The van der Waals surface area contributed by atoms with Crippen LogP contribution in [-0.2, 0) is 11.3 Å². The predicted octanol–water partition coefficient (Wildman–Crippen LogP) is 2.95. The van der Waals surface area contributed by atoms with Gasteiger partial charge < -0.3 is 10.2 Å². The highest BCUT2D eigenvalue weighted by molar-refractivity contribution is 14.1. The van der Waals surface area contributed by atoms with E-state index in [0.717, 1.165) is 14.1 Å². The molecule has 1 aromatic carbocycles. The molecule has 20 heavy (non-hydrogen) atoms. The zero-order valence-electron chi connectivity index (χ0n) is 10.4. The average Bonchev–Trinajstić information content (AvgIpc) is 2.77. The molecule has 1 aromatic heterocycles. The molecule has 1 aliphatic heterocycles. The number of hydrogen-bond acceptors (Lipinski definition) is 3. The van der Waals surface area contributed by atoms with Crippen molar-refractivity contribution in [1.29, 1.82) is 0 Å². The first-order chi connectivity index (χ1) is 9.63. The van der Waals surface area contributed by atoms with E-state index in [1.807, 2.05) is 35.7 Å². The van der Waals surface area contributed by atoms with Gasteiger partial charge in [0.2, 0.25) is 5.91 Å². The molecule has 4 nitrogen and oxygen atoms in total. The molecule has 0 radical (unpaired) electrons. The van der Waals surface area contributed by atoms with Crippen LogP contribution in [0, 0.1) is 2.88 Å². The number of nitrogens with zero attached hydrogens (tertiary/aromatic N) is 1. The average molecular weight is 398 g/mol. The van der Waals surface area contributed by atoms with Gasteiger partial charge in [0.25, 0.3) is 5.91 Å².